The Morgan fingerprint density at radius 3 is 2.11 bits per heavy atom. The van der Waals surface area contributed by atoms with Gasteiger partial charge in [0, 0.05) is 13.5 Å². The average Bonchev–Trinajstić information content (AvgIpc) is 1.93. The van der Waals surface area contributed by atoms with E-state index in [1.807, 2.05) is 13.8 Å². The second kappa shape index (κ2) is 10.4. The number of carbonyl (C=O) groups excluding carboxylic acids is 1. The molecule has 0 radical (unpaired) electrons. The average molecular weight is 133 g/mol. The summed E-state index contributed by atoms with van der Waals surface area (Å²) in [6.45, 7) is 3.93. The minimum Gasteiger partial charge on any atom is -0.396 e. The van der Waals surface area contributed by atoms with E-state index in [0.29, 0.717) is 0 Å². The molecule has 0 unspecified atom stereocenters. The normalized spacial score (nSPS) is 7.11. The van der Waals surface area contributed by atoms with E-state index in [0.717, 1.165) is 0 Å². The molecular formula is C6H15NO2. The highest BCUT2D eigenvalue weighted by atomic mass is 16.3. The molecule has 3 nitrogen and oxygen atoms in total. The molecule has 3 heteroatoms. The van der Waals surface area contributed by atoms with Crippen molar-refractivity contribution in [1.82, 2.24) is 5.32 Å². The molecule has 0 bridgehead atoms. The Balaban J connectivity index is 0. The van der Waals surface area contributed by atoms with Crippen LogP contribution in [0.3, 0.4) is 0 Å². The standard InChI is InChI=1S/C4H9NO2.C2H6/c1-5-4(7)2-3-6;1-2/h6H,2-3H2,1H3,(H,5,7);1-2H3. The number of amides is 1. The number of aliphatic hydroxyl groups excluding tert-OH is 1. The molecular weight excluding hydrogens is 118 g/mol. The first-order valence-electron chi connectivity index (χ1n) is 3.12. The summed E-state index contributed by atoms with van der Waals surface area (Å²) in [4.78, 5) is 10.1. The predicted octanol–water partition coefficient (Wildman–Crippen LogP) is 0.141. The maximum Gasteiger partial charge on any atom is 0.222 e. The van der Waals surface area contributed by atoms with Gasteiger partial charge in [0.1, 0.15) is 0 Å². The van der Waals surface area contributed by atoms with Crippen LogP contribution in [0.2, 0.25) is 0 Å². The molecule has 0 rings (SSSR count). The molecule has 0 aliphatic heterocycles. The number of rotatable bonds is 2. The number of carbonyl (C=O) groups is 1. The zero-order chi connectivity index (χ0) is 7.70. The lowest BCUT2D eigenvalue weighted by Crippen LogP contribution is -2.18. The Bertz CT molecular complexity index is 64.1. The van der Waals surface area contributed by atoms with E-state index >= 15 is 0 Å². The smallest absolute Gasteiger partial charge is 0.222 e. The molecule has 2 N–H and O–H groups in total. The minimum atomic E-state index is -0.123. The van der Waals surface area contributed by atoms with Crippen molar-refractivity contribution in [2.75, 3.05) is 13.7 Å². The van der Waals surface area contributed by atoms with E-state index in [4.69, 9.17) is 5.11 Å². The van der Waals surface area contributed by atoms with Gasteiger partial charge >= 0.3 is 0 Å². The van der Waals surface area contributed by atoms with Gasteiger partial charge in [-0.2, -0.15) is 0 Å². The fourth-order valence-electron chi connectivity index (χ4n) is 0.227. The summed E-state index contributed by atoms with van der Waals surface area (Å²) in [5, 5.41) is 10.5. The largest absolute Gasteiger partial charge is 0.396 e. The molecule has 0 aromatic rings. The topological polar surface area (TPSA) is 49.3 Å². The SMILES string of the molecule is CC.CNC(=O)CCO. The first-order chi connectivity index (χ1) is 4.31. The Morgan fingerprint density at radius 2 is 2.00 bits per heavy atom. The minimum absolute atomic E-state index is 0.0698. The van der Waals surface area contributed by atoms with Gasteiger partial charge < -0.3 is 10.4 Å². The van der Waals surface area contributed by atoms with Crippen LogP contribution in [0.1, 0.15) is 20.3 Å². The fraction of sp³-hybridized carbons (Fsp3) is 0.833. The van der Waals surface area contributed by atoms with Crippen LogP contribution in [-0.4, -0.2) is 24.7 Å². The number of nitrogens with one attached hydrogen (secondary N) is 1. The lowest BCUT2D eigenvalue weighted by atomic mass is 10.4. The summed E-state index contributed by atoms with van der Waals surface area (Å²) >= 11 is 0. The summed E-state index contributed by atoms with van der Waals surface area (Å²) in [5.74, 6) is -0.123. The summed E-state index contributed by atoms with van der Waals surface area (Å²) in [6, 6.07) is 0. The molecule has 56 valence electrons. The van der Waals surface area contributed by atoms with E-state index in [1.165, 1.54) is 7.05 Å². The highest BCUT2D eigenvalue weighted by Crippen LogP contribution is 1.71. The van der Waals surface area contributed by atoms with Crippen LogP contribution in [0, 0.1) is 0 Å². The summed E-state index contributed by atoms with van der Waals surface area (Å²) in [5.41, 5.74) is 0. The van der Waals surface area contributed by atoms with Gasteiger partial charge in [-0.1, -0.05) is 13.8 Å². The number of aliphatic hydroxyl groups is 1. The highest BCUT2D eigenvalue weighted by molar-refractivity contribution is 5.75. The molecule has 0 heterocycles. The van der Waals surface area contributed by atoms with Crippen LogP contribution < -0.4 is 5.32 Å². The molecule has 0 saturated carbocycles. The quantitative estimate of drug-likeness (QED) is 0.563. The molecule has 0 aliphatic carbocycles. The van der Waals surface area contributed by atoms with Gasteiger partial charge in [-0.05, 0) is 0 Å². The van der Waals surface area contributed by atoms with Gasteiger partial charge in [0.05, 0.1) is 6.61 Å². The Labute approximate surface area is 56.1 Å². The van der Waals surface area contributed by atoms with Gasteiger partial charge in [-0.3, -0.25) is 4.79 Å². The maximum atomic E-state index is 10.1. The van der Waals surface area contributed by atoms with E-state index in [1.54, 1.807) is 0 Å². The Kier molecular flexibility index (Phi) is 13.0. The van der Waals surface area contributed by atoms with Crippen molar-refractivity contribution in [2.45, 2.75) is 20.3 Å². The van der Waals surface area contributed by atoms with Crippen LogP contribution >= 0.6 is 0 Å². The zero-order valence-corrected chi connectivity index (χ0v) is 6.27. The van der Waals surface area contributed by atoms with Crippen molar-refractivity contribution >= 4 is 5.91 Å². The summed E-state index contributed by atoms with van der Waals surface area (Å²) < 4.78 is 0. The lowest BCUT2D eigenvalue weighted by Gasteiger charge is -1.91. The van der Waals surface area contributed by atoms with Crippen LogP contribution in [-0.2, 0) is 4.79 Å². The van der Waals surface area contributed by atoms with Gasteiger partial charge in [0.15, 0.2) is 0 Å². The lowest BCUT2D eigenvalue weighted by molar-refractivity contribution is -0.121. The van der Waals surface area contributed by atoms with E-state index in [-0.39, 0.29) is 18.9 Å². The van der Waals surface area contributed by atoms with Crippen molar-refractivity contribution in [3.63, 3.8) is 0 Å². The van der Waals surface area contributed by atoms with Crippen LogP contribution in [0.25, 0.3) is 0 Å². The van der Waals surface area contributed by atoms with Crippen molar-refractivity contribution < 1.29 is 9.90 Å². The Morgan fingerprint density at radius 1 is 1.56 bits per heavy atom. The molecule has 0 spiro atoms. The molecule has 0 atom stereocenters. The summed E-state index contributed by atoms with van der Waals surface area (Å²) in [6.07, 6.45) is 0.205. The van der Waals surface area contributed by atoms with E-state index < -0.39 is 0 Å². The van der Waals surface area contributed by atoms with Crippen molar-refractivity contribution in [2.24, 2.45) is 0 Å². The van der Waals surface area contributed by atoms with Crippen molar-refractivity contribution in [1.29, 1.82) is 0 Å². The predicted molar refractivity (Wildman–Crippen MR) is 37.1 cm³/mol. The van der Waals surface area contributed by atoms with Gasteiger partial charge in [0.2, 0.25) is 5.91 Å². The third-order valence-electron chi connectivity index (χ3n) is 0.618. The van der Waals surface area contributed by atoms with Gasteiger partial charge in [-0.15, -0.1) is 0 Å². The first kappa shape index (κ1) is 11.3. The van der Waals surface area contributed by atoms with E-state index in [9.17, 15) is 4.79 Å². The molecule has 0 fully saturated rings. The summed E-state index contributed by atoms with van der Waals surface area (Å²) in [7, 11) is 1.54. The molecule has 9 heavy (non-hydrogen) atoms. The highest BCUT2D eigenvalue weighted by Gasteiger charge is 1.90. The third-order valence-corrected chi connectivity index (χ3v) is 0.618. The fourth-order valence-corrected chi connectivity index (χ4v) is 0.227. The molecule has 0 aromatic heterocycles. The van der Waals surface area contributed by atoms with Crippen molar-refractivity contribution in [3.8, 4) is 0 Å². The van der Waals surface area contributed by atoms with Crippen LogP contribution in [0.5, 0.6) is 0 Å². The number of hydrogen-bond acceptors (Lipinski definition) is 2. The van der Waals surface area contributed by atoms with Gasteiger partial charge in [-0.25, -0.2) is 0 Å². The molecule has 0 aliphatic rings. The van der Waals surface area contributed by atoms with E-state index in [2.05, 4.69) is 5.32 Å². The molecule has 0 saturated heterocycles. The Hall–Kier alpha value is -0.570. The van der Waals surface area contributed by atoms with Gasteiger partial charge in [0.25, 0.3) is 0 Å². The maximum absolute atomic E-state index is 10.1. The zero-order valence-electron chi connectivity index (χ0n) is 6.27. The van der Waals surface area contributed by atoms with Crippen LogP contribution in [0.15, 0.2) is 0 Å². The van der Waals surface area contributed by atoms with Crippen molar-refractivity contribution in [3.05, 3.63) is 0 Å². The molecule has 1 amide bonds. The third kappa shape index (κ3) is 11.2. The van der Waals surface area contributed by atoms with Crippen LogP contribution in [0.4, 0.5) is 0 Å². The first-order valence-corrected chi connectivity index (χ1v) is 3.12. The monoisotopic (exact) mass is 133 g/mol. The molecule has 0 aromatic carbocycles. The second-order valence-electron chi connectivity index (χ2n) is 1.15. The number of hydrogen-bond donors (Lipinski definition) is 2. The second-order valence-corrected chi connectivity index (χ2v) is 1.15.